The third-order valence-electron chi connectivity index (χ3n) is 3.39. The normalized spacial score (nSPS) is 18.7. The van der Waals surface area contributed by atoms with E-state index >= 15 is 0 Å². The Morgan fingerprint density at radius 3 is 2.53 bits per heavy atom. The van der Waals surface area contributed by atoms with Gasteiger partial charge in [-0.2, -0.15) is 0 Å². The highest BCUT2D eigenvalue weighted by Crippen LogP contribution is 2.43. The Labute approximate surface area is 95.9 Å². The van der Waals surface area contributed by atoms with Crippen molar-refractivity contribution in [3.63, 3.8) is 0 Å². The summed E-state index contributed by atoms with van der Waals surface area (Å²) in [6.07, 6.45) is 4.67. The molecule has 1 aromatic rings. The van der Waals surface area contributed by atoms with Crippen molar-refractivity contribution >= 4 is 11.6 Å². The molecule has 0 N–H and O–H groups in total. The van der Waals surface area contributed by atoms with Crippen LogP contribution in [0.2, 0.25) is 5.02 Å². The summed E-state index contributed by atoms with van der Waals surface area (Å²) in [4.78, 5) is 3.60. The van der Waals surface area contributed by atoms with Crippen LogP contribution in [0.4, 0.5) is 0 Å². The van der Waals surface area contributed by atoms with E-state index in [9.17, 15) is 0 Å². The van der Waals surface area contributed by atoms with Crippen molar-refractivity contribution in [1.82, 2.24) is 0 Å². The van der Waals surface area contributed by atoms with E-state index in [0.29, 0.717) is 6.54 Å². The lowest BCUT2D eigenvalue weighted by Crippen LogP contribution is -2.25. The molecule has 0 atom stereocenters. The van der Waals surface area contributed by atoms with Crippen molar-refractivity contribution in [2.45, 2.75) is 31.1 Å². The maximum Gasteiger partial charge on any atom is 0.224 e. The number of rotatable bonds is 2. The highest BCUT2D eigenvalue weighted by atomic mass is 35.5. The Bertz CT molecular complexity index is 386. The summed E-state index contributed by atoms with van der Waals surface area (Å²) in [5.74, 6) is 0. The monoisotopic (exact) mass is 219 g/mol. The van der Waals surface area contributed by atoms with Gasteiger partial charge in [0.1, 0.15) is 0 Å². The van der Waals surface area contributed by atoms with E-state index in [4.69, 9.17) is 18.2 Å². The van der Waals surface area contributed by atoms with Crippen LogP contribution in [0.3, 0.4) is 0 Å². The molecule has 0 bridgehead atoms. The van der Waals surface area contributed by atoms with Crippen molar-refractivity contribution in [3.05, 3.63) is 46.3 Å². The molecule has 1 aromatic carbocycles. The molecule has 0 radical (unpaired) electrons. The smallest absolute Gasteiger partial charge is 0.224 e. The minimum atomic E-state index is 0.0418. The fraction of sp³-hybridized carbons (Fsp3) is 0.462. The van der Waals surface area contributed by atoms with Gasteiger partial charge in [0.25, 0.3) is 0 Å². The predicted molar refractivity (Wildman–Crippen MR) is 63.1 cm³/mol. The highest BCUT2D eigenvalue weighted by Gasteiger charge is 2.39. The first-order valence-electron chi connectivity index (χ1n) is 5.37. The van der Waals surface area contributed by atoms with Gasteiger partial charge in [0.2, 0.25) is 6.54 Å². The molecule has 0 spiro atoms. The molecule has 0 saturated heterocycles. The van der Waals surface area contributed by atoms with Gasteiger partial charge in [0, 0.05) is 5.02 Å². The first-order valence-corrected chi connectivity index (χ1v) is 5.74. The molecular weight excluding hydrogens is 206 g/mol. The maximum absolute atomic E-state index is 7.09. The number of nitrogens with zero attached hydrogens (tertiary/aromatic N) is 1. The van der Waals surface area contributed by atoms with Crippen molar-refractivity contribution < 1.29 is 0 Å². The average molecular weight is 220 g/mol. The van der Waals surface area contributed by atoms with E-state index in [-0.39, 0.29) is 5.41 Å². The van der Waals surface area contributed by atoms with E-state index in [1.807, 2.05) is 18.2 Å². The van der Waals surface area contributed by atoms with E-state index in [2.05, 4.69) is 10.9 Å². The fourth-order valence-corrected chi connectivity index (χ4v) is 2.94. The molecule has 2 rings (SSSR count). The number of hydrogen-bond donors (Lipinski definition) is 0. The van der Waals surface area contributed by atoms with Gasteiger partial charge in [0.05, 0.1) is 5.41 Å². The molecule has 1 fully saturated rings. The molecular formula is C13H14ClN. The van der Waals surface area contributed by atoms with Crippen LogP contribution >= 0.6 is 11.6 Å². The largest absolute Gasteiger partial charge is 0.316 e. The molecule has 0 aliphatic heterocycles. The first kappa shape index (κ1) is 10.5. The molecule has 0 amide bonds. The van der Waals surface area contributed by atoms with E-state index in [0.717, 1.165) is 17.9 Å². The Morgan fingerprint density at radius 2 is 1.93 bits per heavy atom. The minimum absolute atomic E-state index is 0.0418. The van der Waals surface area contributed by atoms with Crippen LogP contribution in [0.25, 0.3) is 4.85 Å². The van der Waals surface area contributed by atoms with Crippen LogP contribution in [0, 0.1) is 6.57 Å². The average Bonchev–Trinajstić information content (AvgIpc) is 2.69. The summed E-state index contributed by atoms with van der Waals surface area (Å²) < 4.78 is 0. The summed E-state index contributed by atoms with van der Waals surface area (Å²) in [5.41, 5.74) is 1.22. The van der Waals surface area contributed by atoms with Crippen LogP contribution in [0.15, 0.2) is 24.3 Å². The van der Waals surface area contributed by atoms with Gasteiger partial charge in [-0.15, -0.1) is 0 Å². The Morgan fingerprint density at radius 1 is 1.27 bits per heavy atom. The van der Waals surface area contributed by atoms with Gasteiger partial charge in [-0.05, 0) is 24.5 Å². The molecule has 0 unspecified atom stereocenters. The lowest BCUT2D eigenvalue weighted by molar-refractivity contribution is 0.478. The molecule has 1 aliphatic rings. The second-order valence-corrected chi connectivity index (χ2v) is 4.69. The summed E-state index contributed by atoms with van der Waals surface area (Å²) in [6, 6.07) is 7.98. The lowest BCUT2D eigenvalue weighted by Gasteiger charge is -2.24. The van der Waals surface area contributed by atoms with Gasteiger partial charge >= 0.3 is 0 Å². The van der Waals surface area contributed by atoms with Crippen molar-refractivity contribution in [2.75, 3.05) is 6.54 Å². The van der Waals surface area contributed by atoms with Gasteiger partial charge in [-0.25, -0.2) is 6.57 Å². The zero-order chi connectivity index (χ0) is 10.7. The molecule has 15 heavy (non-hydrogen) atoms. The maximum atomic E-state index is 7.09. The second-order valence-electron chi connectivity index (χ2n) is 4.28. The first-order chi connectivity index (χ1) is 7.28. The molecule has 1 nitrogen and oxygen atoms in total. The van der Waals surface area contributed by atoms with Crippen LogP contribution in [-0.2, 0) is 5.41 Å². The predicted octanol–water partition coefficient (Wildman–Crippen LogP) is 4.07. The van der Waals surface area contributed by atoms with E-state index in [1.54, 1.807) is 0 Å². The quantitative estimate of drug-likeness (QED) is 0.661. The standard InChI is InChI=1S/C13H14ClN/c1-15-10-13(8-4-5-9-13)11-6-2-3-7-12(11)14/h2-3,6-7H,4-5,8-10H2. The highest BCUT2D eigenvalue weighted by molar-refractivity contribution is 6.31. The number of benzene rings is 1. The lowest BCUT2D eigenvalue weighted by atomic mass is 9.79. The third-order valence-corrected chi connectivity index (χ3v) is 3.72. The number of hydrogen-bond acceptors (Lipinski definition) is 0. The Balaban J connectivity index is 2.42. The molecule has 1 aliphatic carbocycles. The van der Waals surface area contributed by atoms with Gasteiger partial charge < -0.3 is 4.85 Å². The van der Waals surface area contributed by atoms with Crippen molar-refractivity contribution in [1.29, 1.82) is 0 Å². The number of halogens is 1. The van der Waals surface area contributed by atoms with Gasteiger partial charge in [-0.3, -0.25) is 0 Å². The SMILES string of the molecule is [C-]#[N+]CC1(c2ccccc2Cl)CCCC1. The van der Waals surface area contributed by atoms with Crippen LogP contribution in [0.1, 0.15) is 31.2 Å². The summed E-state index contributed by atoms with van der Waals surface area (Å²) in [5, 5.41) is 0.822. The van der Waals surface area contributed by atoms with Gasteiger partial charge in [-0.1, -0.05) is 42.6 Å². The zero-order valence-corrected chi connectivity index (χ0v) is 9.43. The fourth-order valence-electron chi connectivity index (χ4n) is 2.61. The van der Waals surface area contributed by atoms with Crippen LogP contribution in [-0.4, -0.2) is 6.54 Å². The molecule has 0 aromatic heterocycles. The van der Waals surface area contributed by atoms with E-state index < -0.39 is 0 Å². The summed E-state index contributed by atoms with van der Waals surface area (Å²) in [7, 11) is 0. The van der Waals surface area contributed by atoms with Gasteiger partial charge in [0.15, 0.2) is 0 Å². The molecule has 0 heterocycles. The van der Waals surface area contributed by atoms with Crippen LogP contribution in [0.5, 0.6) is 0 Å². The van der Waals surface area contributed by atoms with Crippen molar-refractivity contribution in [3.8, 4) is 0 Å². The van der Waals surface area contributed by atoms with E-state index in [1.165, 1.54) is 18.4 Å². The minimum Gasteiger partial charge on any atom is -0.316 e. The molecule has 2 heteroatoms. The van der Waals surface area contributed by atoms with Crippen LogP contribution < -0.4 is 0 Å². The summed E-state index contributed by atoms with van der Waals surface area (Å²) in [6.45, 7) is 7.67. The second kappa shape index (κ2) is 4.24. The van der Waals surface area contributed by atoms with Crippen molar-refractivity contribution in [2.24, 2.45) is 0 Å². The third kappa shape index (κ3) is 1.87. The molecule has 78 valence electrons. The summed E-state index contributed by atoms with van der Waals surface area (Å²) >= 11 is 6.23. The molecule has 1 saturated carbocycles. The Hall–Kier alpha value is -1.00. The Kier molecular flexibility index (Phi) is 2.98. The zero-order valence-electron chi connectivity index (χ0n) is 8.67. The topological polar surface area (TPSA) is 4.36 Å².